The molecule has 1 aromatic carbocycles. The molecule has 1 N–H and O–H groups in total. The van der Waals surface area contributed by atoms with Crippen LogP contribution in [0.5, 0.6) is 0 Å². The average Bonchev–Trinajstić information content (AvgIpc) is 2.67. The fourth-order valence-electron chi connectivity index (χ4n) is 2.36. The molecule has 5 heteroatoms. The number of aryl methyl sites for hydroxylation is 1. The quantitative estimate of drug-likeness (QED) is 0.880. The van der Waals surface area contributed by atoms with Crippen LogP contribution in [0.2, 0.25) is 5.02 Å². The van der Waals surface area contributed by atoms with Crippen molar-refractivity contribution in [3.8, 4) is 0 Å². The van der Waals surface area contributed by atoms with E-state index in [-0.39, 0.29) is 0 Å². The molecule has 0 saturated carbocycles. The normalized spacial score (nSPS) is 12.7. The molecular formula is C15H18BrClN2O. The van der Waals surface area contributed by atoms with E-state index in [2.05, 4.69) is 21.0 Å². The molecular weight excluding hydrogens is 340 g/mol. The first-order chi connectivity index (χ1) is 9.43. The number of aliphatic hydroxyl groups excluding tert-OH is 1. The van der Waals surface area contributed by atoms with Crippen molar-refractivity contribution in [3.63, 3.8) is 0 Å². The molecule has 2 rings (SSSR count). The highest BCUT2D eigenvalue weighted by molar-refractivity contribution is 9.10. The van der Waals surface area contributed by atoms with Crippen LogP contribution in [0.25, 0.3) is 0 Å². The standard InChI is InChI=1S/C15H18BrClN2O/c1-4-14(20)15-9(2)18-19(10(15)3)8-11-5-6-12(16)7-13(11)17/h5-7,14,20H,4,8H2,1-3H3. The molecule has 20 heavy (non-hydrogen) atoms. The van der Waals surface area contributed by atoms with Gasteiger partial charge in [0.05, 0.1) is 18.3 Å². The van der Waals surface area contributed by atoms with Crippen molar-refractivity contribution in [2.24, 2.45) is 0 Å². The van der Waals surface area contributed by atoms with Gasteiger partial charge in [0.2, 0.25) is 0 Å². The summed E-state index contributed by atoms with van der Waals surface area (Å²) in [5.41, 5.74) is 3.82. The zero-order chi connectivity index (χ0) is 14.9. The monoisotopic (exact) mass is 356 g/mol. The van der Waals surface area contributed by atoms with Crippen molar-refractivity contribution >= 4 is 27.5 Å². The molecule has 0 fully saturated rings. The predicted octanol–water partition coefficient (Wildman–Crippen LogP) is 4.41. The zero-order valence-corrected chi connectivity index (χ0v) is 14.2. The van der Waals surface area contributed by atoms with Crippen LogP contribution in [0.4, 0.5) is 0 Å². The molecule has 0 spiro atoms. The zero-order valence-electron chi connectivity index (χ0n) is 11.8. The summed E-state index contributed by atoms with van der Waals surface area (Å²) in [5, 5.41) is 15.3. The summed E-state index contributed by atoms with van der Waals surface area (Å²) in [7, 11) is 0. The lowest BCUT2D eigenvalue weighted by Crippen LogP contribution is -2.06. The summed E-state index contributed by atoms with van der Waals surface area (Å²) in [6.45, 7) is 6.49. The van der Waals surface area contributed by atoms with Crippen molar-refractivity contribution in [1.82, 2.24) is 9.78 Å². The van der Waals surface area contributed by atoms with Crippen molar-refractivity contribution < 1.29 is 5.11 Å². The minimum absolute atomic E-state index is 0.455. The second-order valence-corrected chi connectivity index (χ2v) is 6.22. The Morgan fingerprint density at radius 3 is 2.70 bits per heavy atom. The van der Waals surface area contributed by atoms with Crippen LogP contribution in [-0.4, -0.2) is 14.9 Å². The highest BCUT2D eigenvalue weighted by Gasteiger charge is 2.18. The fraction of sp³-hybridized carbons (Fsp3) is 0.400. The first-order valence-corrected chi connectivity index (χ1v) is 7.77. The fourth-order valence-corrected chi connectivity index (χ4v) is 3.10. The molecule has 0 saturated heterocycles. The molecule has 0 aliphatic carbocycles. The third kappa shape index (κ3) is 3.08. The third-order valence-corrected chi connectivity index (χ3v) is 4.34. The van der Waals surface area contributed by atoms with Crippen LogP contribution in [-0.2, 0) is 6.54 Å². The van der Waals surface area contributed by atoms with E-state index < -0.39 is 6.10 Å². The lowest BCUT2D eigenvalue weighted by Gasteiger charge is -2.10. The smallest absolute Gasteiger partial charge is 0.0823 e. The van der Waals surface area contributed by atoms with Crippen LogP contribution in [0.15, 0.2) is 22.7 Å². The maximum atomic E-state index is 10.1. The van der Waals surface area contributed by atoms with Crippen molar-refractivity contribution in [2.75, 3.05) is 0 Å². The summed E-state index contributed by atoms with van der Waals surface area (Å²) in [5.74, 6) is 0. The number of aliphatic hydroxyl groups is 1. The van der Waals surface area contributed by atoms with E-state index in [0.717, 1.165) is 27.0 Å². The highest BCUT2D eigenvalue weighted by atomic mass is 79.9. The van der Waals surface area contributed by atoms with Crippen LogP contribution >= 0.6 is 27.5 Å². The summed E-state index contributed by atoms with van der Waals surface area (Å²) in [4.78, 5) is 0. The maximum Gasteiger partial charge on any atom is 0.0823 e. The van der Waals surface area contributed by atoms with Gasteiger partial charge in [-0.25, -0.2) is 0 Å². The van der Waals surface area contributed by atoms with E-state index >= 15 is 0 Å². The van der Waals surface area contributed by atoms with Crippen molar-refractivity contribution in [3.05, 3.63) is 50.2 Å². The van der Waals surface area contributed by atoms with E-state index in [0.29, 0.717) is 18.0 Å². The Hall–Kier alpha value is -0.840. The molecule has 0 radical (unpaired) electrons. The highest BCUT2D eigenvalue weighted by Crippen LogP contribution is 2.26. The van der Waals surface area contributed by atoms with Crippen molar-refractivity contribution in [1.29, 1.82) is 0 Å². The minimum Gasteiger partial charge on any atom is -0.388 e. The Labute approximate surface area is 132 Å². The molecule has 0 aliphatic rings. The Bertz CT molecular complexity index is 625. The lowest BCUT2D eigenvalue weighted by molar-refractivity contribution is 0.172. The summed E-state index contributed by atoms with van der Waals surface area (Å²) in [6.07, 6.45) is 0.232. The summed E-state index contributed by atoms with van der Waals surface area (Å²) < 4.78 is 2.86. The van der Waals surface area contributed by atoms with Crippen LogP contribution in [0.3, 0.4) is 0 Å². The van der Waals surface area contributed by atoms with E-state index in [9.17, 15) is 5.11 Å². The maximum absolute atomic E-state index is 10.1. The molecule has 1 atom stereocenters. The topological polar surface area (TPSA) is 38.1 Å². The second kappa shape index (κ2) is 6.29. The lowest BCUT2D eigenvalue weighted by atomic mass is 10.1. The summed E-state index contributed by atoms with van der Waals surface area (Å²) >= 11 is 9.65. The second-order valence-electron chi connectivity index (χ2n) is 4.90. The molecule has 3 nitrogen and oxygen atoms in total. The van der Waals surface area contributed by atoms with Gasteiger partial charge in [0.15, 0.2) is 0 Å². The van der Waals surface area contributed by atoms with Gasteiger partial charge in [0.1, 0.15) is 0 Å². The van der Waals surface area contributed by atoms with Crippen LogP contribution in [0.1, 0.15) is 42.0 Å². The minimum atomic E-state index is -0.455. The molecule has 1 unspecified atom stereocenters. The van der Waals surface area contributed by atoms with E-state index in [1.807, 2.05) is 43.7 Å². The molecule has 1 heterocycles. The predicted molar refractivity (Wildman–Crippen MR) is 85.2 cm³/mol. The van der Waals surface area contributed by atoms with E-state index in [1.54, 1.807) is 0 Å². The largest absolute Gasteiger partial charge is 0.388 e. The molecule has 0 bridgehead atoms. The third-order valence-electron chi connectivity index (χ3n) is 3.49. The van der Waals surface area contributed by atoms with Crippen LogP contribution in [0, 0.1) is 13.8 Å². The van der Waals surface area contributed by atoms with E-state index in [4.69, 9.17) is 11.6 Å². The molecule has 108 valence electrons. The number of hydrogen-bond donors (Lipinski definition) is 1. The number of rotatable bonds is 4. The van der Waals surface area contributed by atoms with Gasteiger partial charge in [-0.3, -0.25) is 4.68 Å². The van der Waals surface area contributed by atoms with Gasteiger partial charge >= 0.3 is 0 Å². The van der Waals surface area contributed by atoms with Gasteiger partial charge < -0.3 is 5.11 Å². The number of halogens is 2. The van der Waals surface area contributed by atoms with Gasteiger partial charge in [-0.05, 0) is 38.0 Å². The van der Waals surface area contributed by atoms with Crippen LogP contribution < -0.4 is 0 Å². The number of benzene rings is 1. The summed E-state index contributed by atoms with van der Waals surface area (Å²) in [6, 6.07) is 5.83. The SMILES string of the molecule is CCC(O)c1c(C)nn(Cc2ccc(Br)cc2Cl)c1C. The van der Waals surface area contributed by atoms with Gasteiger partial charge in [-0.1, -0.05) is 40.5 Å². The molecule has 1 aromatic heterocycles. The Morgan fingerprint density at radius 1 is 1.40 bits per heavy atom. The number of aromatic nitrogens is 2. The molecule has 0 aliphatic heterocycles. The van der Waals surface area contributed by atoms with Gasteiger partial charge in [0, 0.05) is 20.8 Å². The first kappa shape index (κ1) is 15.5. The van der Waals surface area contributed by atoms with Gasteiger partial charge in [0.25, 0.3) is 0 Å². The Morgan fingerprint density at radius 2 is 2.10 bits per heavy atom. The molecule has 2 aromatic rings. The van der Waals surface area contributed by atoms with E-state index in [1.165, 1.54) is 0 Å². The number of nitrogens with zero attached hydrogens (tertiary/aromatic N) is 2. The molecule has 0 amide bonds. The average molecular weight is 358 g/mol. The number of hydrogen-bond acceptors (Lipinski definition) is 2. The van der Waals surface area contributed by atoms with Gasteiger partial charge in [-0.15, -0.1) is 0 Å². The van der Waals surface area contributed by atoms with Gasteiger partial charge in [-0.2, -0.15) is 5.10 Å². The Balaban J connectivity index is 2.35. The Kier molecular flexibility index (Phi) is 4.89. The first-order valence-electron chi connectivity index (χ1n) is 6.60. The van der Waals surface area contributed by atoms with Crippen molar-refractivity contribution in [2.45, 2.75) is 39.8 Å².